The van der Waals surface area contributed by atoms with E-state index in [1.807, 2.05) is 6.07 Å². The van der Waals surface area contributed by atoms with Crippen LogP contribution in [0.25, 0.3) is 11.4 Å². The van der Waals surface area contributed by atoms with Crippen LogP contribution in [0.1, 0.15) is 24.8 Å². The number of nitrogens with one attached hydrogen (secondary N) is 1. The molecule has 0 radical (unpaired) electrons. The molecule has 1 saturated carbocycles. The lowest BCUT2D eigenvalue weighted by Gasteiger charge is -2.33. The van der Waals surface area contributed by atoms with Crippen LogP contribution < -0.4 is 4.90 Å². The van der Waals surface area contributed by atoms with E-state index in [4.69, 9.17) is 11.6 Å². The molecule has 0 atom stereocenters. The van der Waals surface area contributed by atoms with Crippen molar-refractivity contribution in [3.05, 3.63) is 22.7 Å². The molecule has 104 valence electrons. The fourth-order valence-electron chi connectivity index (χ4n) is 3.03. The van der Waals surface area contributed by atoms with Gasteiger partial charge in [0.1, 0.15) is 0 Å². The molecule has 0 bridgehead atoms. The van der Waals surface area contributed by atoms with Crippen molar-refractivity contribution in [2.24, 2.45) is 5.92 Å². The molecule has 4 rings (SSSR count). The van der Waals surface area contributed by atoms with Gasteiger partial charge in [-0.05, 0) is 54.5 Å². The Kier molecular flexibility index (Phi) is 2.88. The number of nitrogens with zero attached hydrogens (tertiary/aromatic N) is 4. The molecule has 1 aliphatic carbocycles. The topological polar surface area (TPSA) is 57.7 Å². The summed E-state index contributed by atoms with van der Waals surface area (Å²) in [6, 6.07) is 4.04. The number of tetrazole rings is 1. The number of hydrogen-bond acceptors (Lipinski definition) is 4. The summed E-state index contributed by atoms with van der Waals surface area (Å²) < 4.78 is 0. The summed E-state index contributed by atoms with van der Waals surface area (Å²) in [7, 11) is 0. The highest BCUT2D eigenvalue weighted by Gasteiger charge is 2.29. The van der Waals surface area contributed by atoms with Crippen molar-refractivity contribution >= 4 is 17.3 Å². The van der Waals surface area contributed by atoms with Crippen LogP contribution in [0.4, 0.5) is 5.69 Å². The molecule has 1 aromatic heterocycles. The lowest BCUT2D eigenvalue weighted by atomic mass is 9.97. The Morgan fingerprint density at radius 2 is 2.25 bits per heavy atom. The fraction of sp³-hybridized carbons (Fsp3) is 0.500. The minimum absolute atomic E-state index is 0.631. The number of fused-ring (bicyclic) bond motifs is 1. The second kappa shape index (κ2) is 4.74. The van der Waals surface area contributed by atoms with Gasteiger partial charge < -0.3 is 4.90 Å². The van der Waals surface area contributed by atoms with Gasteiger partial charge in [0.25, 0.3) is 0 Å². The summed E-state index contributed by atoms with van der Waals surface area (Å²) in [6.07, 6.45) is 4.97. The molecule has 0 saturated heterocycles. The molecular formula is C14H16ClN5. The van der Waals surface area contributed by atoms with E-state index < -0.39 is 0 Å². The van der Waals surface area contributed by atoms with Crippen molar-refractivity contribution in [3.63, 3.8) is 0 Å². The molecule has 1 aliphatic heterocycles. The second-order valence-corrected chi connectivity index (χ2v) is 6.13. The van der Waals surface area contributed by atoms with E-state index in [2.05, 4.69) is 31.6 Å². The summed E-state index contributed by atoms with van der Waals surface area (Å²) in [4.78, 5) is 2.48. The van der Waals surface area contributed by atoms with E-state index >= 15 is 0 Å². The second-order valence-electron chi connectivity index (χ2n) is 5.69. The smallest absolute Gasteiger partial charge is 0.206 e. The molecular weight excluding hydrogens is 274 g/mol. The van der Waals surface area contributed by atoms with Crippen molar-refractivity contribution < 1.29 is 0 Å². The van der Waals surface area contributed by atoms with Gasteiger partial charge in [0.15, 0.2) is 0 Å². The van der Waals surface area contributed by atoms with Crippen LogP contribution in [0, 0.1) is 5.92 Å². The zero-order valence-electron chi connectivity index (χ0n) is 11.1. The molecule has 1 aromatic carbocycles. The van der Waals surface area contributed by atoms with Crippen LogP contribution in [-0.4, -0.2) is 33.7 Å². The van der Waals surface area contributed by atoms with Crippen LogP contribution in [-0.2, 0) is 6.42 Å². The summed E-state index contributed by atoms with van der Waals surface area (Å²) in [6.45, 7) is 2.25. The zero-order valence-corrected chi connectivity index (χ0v) is 11.9. The first-order valence-corrected chi connectivity index (χ1v) is 7.50. The fourth-order valence-corrected chi connectivity index (χ4v) is 3.27. The number of benzene rings is 1. The molecule has 6 heteroatoms. The zero-order chi connectivity index (χ0) is 13.5. The summed E-state index contributed by atoms with van der Waals surface area (Å²) in [5, 5.41) is 15.2. The molecule has 1 fully saturated rings. The van der Waals surface area contributed by atoms with Gasteiger partial charge in [-0.2, -0.15) is 5.21 Å². The van der Waals surface area contributed by atoms with Gasteiger partial charge in [0.2, 0.25) is 5.82 Å². The summed E-state index contributed by atoms with van der Waals surface area (Å²) in [5.74, 6) is 1.49. The SMILES string of the molecule is Clc1cc2c(c(-c3nn[nH]n3)c1)N(CC1CC1)CCC2. The number of H-pyrrole nitrogens is 1. The number of hydrogen-bond donors (Lipinski definition) is 1. The van der Waals surface area contributed by atoms with Crippen molar-refractivity contribution in [1.82, 2.24) is 20.6 Å². The summed E-state index contributed by atoms with van der Waals surface area (Å²) in [5.41, 5.74) is 3.57. The Morgan fingerprint density at radius 1 is 1.35 bits per heavy atom. The quantitative estimate of drug-likeness (QED) is 0.944. The first-order chi connectivity index (χ1) is 9.81. The molecule has 2 heterocycles. The third-order valence-electron chi connectivity index (χ3n) is 4.11. The van der Waals surface area contributed by atoms with E-state index in [1.165, 1.54) is 30.5 Å². The minimum atomic E-state index is 0.631. The van der Waals surface area contributed by atoms with Crippen LogP contribution in [0.15, 0.2) is 12.1 Å². The van der Waals surface area contributed by atoms with Gasteiger partial charge in [-0.15, -0.1) is 10.2 Å². The molecule has 2 aromatic rings. The maximum Gasteiger partial charge on any atom is 0.206 e. The number of rotatable bonds is 3. The number of aromatic amines is 1. The van der Waals surface area contributed by atoms with Crippen molar-refractivity contribution in [1.29, 1.82) is 0 Å². The minimum Gasteiger partial charge on any atom is -0.370 e. The lowest BCUT2D eigenvalue weighted by molar-refractivity contribution is 0.658. The Bertz CT molecular complexity index is 621. The average molecular weight is 290 g/mol. The van der Waals surface area contributed by atoms with Gasteiger partial charge in [-0.3, -0.25) is 0 Å². The highest BCUT2D eigenvalue weighted by Crippen LogP contribution is 2.40. The predicted octanol–water partition coefficient (Wildman–Crippen LogP) is 2.68. The van der Waals surface area contributed by atoms with Gasteiger partial charge >= 0.3 is 0 Å². The normalized spacial score (nSPS) is 18.1. The molecule has 2 aliphatic rings. The number of halogens is 1. The van der Waals surface area contributed by atoms with Crippen LogP contribution in [0.3, 0.4) is 0 Å². The third-order valence-corrected chi connectivity index (χ3v) is 4.32. The Balaban J connectivity index is 1.83. The lowest BCUT2D eigenvalue weighted by Crippen LogP contribution is -2.32. The number of aromatic nitrogens is 4. The molecule has 0 unspecified atom stereocenters. The van der Waals surface area contributed by atoms with Gasteiger partial charge in [0, 0.05) is 23.7 Å². The van der Waals surface area contributed by atoms with Crippen molar-refractivity contribution in [3.8, 4) is 11.4 Å². The van der Waals surface area contributed by atoms with Crippen molar-refractivity contribution in [2.75, 3.05) is 18.0 Å². The van der Waals surface area contributed by atoms with Gasteiger partial charge in [-0.25, -0.2) is 0 Å². The standard InChI is InChI=1S/C14H16ClN5/c15-11-6-10-2-1-5-20(8-9-3-4-9)13(10)12(7-11)14-16-18-19-17-14/h6-7,9H,1-5,8H2,(H,16,17,18,19). The first-order valence-electron chi connectivity index (χ1n) is 7.12. The predicted molar refractivity (Wildman–Crippen MR) is 77.9 cm³/mol. The highest BCUT2D eigenvalue weighted by atomic mass is 35.5. The number of anilines is 1. The van der Waals surface area contributed by atoms with Crippen molar-refractivity contribution in [2.45, 2.75) is 25.7 Å². The van der Waals surface area contributed by atoms with E-state index in [1.54, 1.807) is 0 Å². The molecule has 0 amide bonds. The van der Waals surface area contributed by atoms with Gasteiger partial charge in [0.05, 0.1) is 5.69 Å². The van der Waals surface area contributed by atoms with Gasteiger partial charge in [-0.1, -0.05) is 11.6 Å². The van der Waals surface area contributed by atoms with E-state index in [0.29, 0.717) is 5.82 Å². The summed E-state index contributed by atoms with van der Waals surface area (Å²) >= 11 is 6.26. The molecule has 5 nitrogen and oxygen atoms in total. The maximum atomic E-state index is 6.26. The number of aryl methyl sites for hydroxylation is 1. The first kappa shape index (κ1) is 12.1. The maximum absolute atomic E-state index is 6.26. The molecule has 20 heavy (non-hydrogen) atoms. The third kappa shape index (κ3) is 2.16. The van der Waals surface area contributed by atoms with E-state index in [-0.39, 0.29) is 0 Å². The largest absolute Gasteiger partial charge is 0.370 e. The average Bonchev–Trinajstić information content (AvgIpc) is 3.08. The van der Waals surface area contributed by atoms with Crippen LogP contribution >= 0.6 is 11.6 Å². The van der Waals surface area contributed by atoms with E-state index in [9.17, 15) is 0 Å². The van der Waals surface area contributed by atoms with Crippen LogP contribution in [0.2, 0.25) is 5.02 Å². The monoisotopic (exact) mass is 289 g/mol. The Labute approximate surface area is 122 Å². The Morgan fingerprint density at radius 3 is 3.00 bits per heavy atom. The van der Waals surface area contributed by atoms with E-state index in [0.717, 1.165) is 36.0 Å². The highest BCUT2D eigenvalue weighted by molar-refractivity contribution is 6.31. The molecule has 1 N–H and O–H groups in total. The Hall–Kier alpha value is -1.62. The van der Waals surface area contributed by atoms with Crippen LogP contribution in [0.5, 0.6) is 0 Å². The molecule has 0 spiro atoms.